The molecule has 0 amide bonds. The number of H-pyrrole nitrogens is 1. The van der Waals surface area contributed by atoms with Crippen molar-refractivity contribution < 1.29 is 0 Å². The van der Waals surface area contributed by atoms with E-state index in [2.05, 4.69) is 10.4 Å². The molecule has 1 saturated heterocycles. The maximum absolute atomic E-state index is 12.1. The molecule has 0 aliphatic carbocycles. The van der Waals surface area contributed by atoms with E-state index < -0.39 is 0 Å². The Labute approximate surface area is 98.8 Å². The summed E-state index contributed by atoms with van der Waals surface area (Å²) in [6.45, 7) is 2.99. The van der Waals surface area contributed by atoms with Crippen molar-refractivity contribution in [3.63, 3.8) is 0 Å². The van der Waals surface area contributed by atoms with Gasteiger partial charge in [0.1, 0.15) is 0 Å². The summed E-state index contributed by atoms with van der Waals surface area (Å²) in [6, 6.07) is 0. The van der Waals surface area contributed by atoms with Gasteiger partial charge in [0.2, 0.25) is 0 Å². The van der Waals surface area contributed by atoms with Gasteiger partial charge >= 0.3 is 0 Å². The highest BCUT2D eigenvalue weighted by molar-refractivity contribution is 7.98. The number of hydrogen-bond donors (Lipinski definition) is 2. The van der Waals surface area contributed by atoms with Gasteiger partial charge in [0.15, 0.2) is 0 Å². The van der Waals surface area contributed by atoms with Crippen LogP contribution < -0.4 is 10.9 Å². The number of nitrogens with zero attached hydrogens (tertiary/aromatic N) is 1. The van der Waals surface area contributed by atoms with Crippen LogP contribution in [0.25, 0.3) is 0 Å². The first-order chi connectivity index (χ1) is 7.84. The second-order valence-electron chi connectivity index (χ2n) is 4.65. The topological polar surface area (TPSA) is 49.8 Å². The van der Waals surface area contributed by atoms with Crippen LogP contribution in [0.4, 0.5) is 0 Å². The van der Waals surface area contributed by atoms with Crippen molar-refractivity contribution >= 4 is 11.8 Å². The summed E-state index contributed by atoms with van der Waals surface area (Å²) in [7, 11) is 0. The molecule has 1 aromatic rings. The maximum Gasteiger partial charge on any atom is 0.270 e. The predicted octanol–water partition coefficient (Wildman–Crippen LogP) is 0.575. The predicted molar refractivity (Wildman–Crippen MR) is 65.9 cm³/mol. The first-order valence-electron chi connectivity index (χ1n) is 5.93. The third-order valence-corrected chi connectivity index (χ3v) is 4.47. The lowest BCUT2D eigenvalue weighted by atomic mass is 10.1. The van der Waals surface area contributed by atoms with Crippen LogP contribution in [0.15, 0.2) is 4.79 Å². The Hall–Kier alpha value is -0.680. The molecule has 2 N–H and O–H groups in total. The van der Waals surface area contributed by atoms with Crippen molar-refractivity contribution in [2.45, 2.75) is 25.1 Å². The fourth-order valence-corrected chi connectivity index (χ4v) is 3.53. The summed E-state index contributed by atoms with van der Waals surface area (Å²) in [5.74, 6) is 2.64. The van der Waals surface area contributed by atoms with Crippen LogP contribution in [0.5, 0.6) is 0 Å². The fraction of sp³-hybridized carbons (Fsp3) is 0.727. The summed E-state index contributed by atoms with van der Waals surface area (Å²) in [5.41, 5.74) is 2.41. The number of aromatic amines is 1. The van der Waals surface area contributed by atoms with Crippen molar-refractivity contribution in [2.24, 2.45) is 5.92 Å². The normalized spacial score (nSPS) is 24.6. The lowest BCUT2D eigenvalue weighted by Crippen LogP contribution is -2.24. The van der Waals surface area contributed by atoms with Crippen molar-refractivity contribution in [3.05, 3.63) is 21.6 Å². The third kappa shape index (κ3) is 1.82. The zero-order valence-corrected chi connectivity index (χ0v) is 10.1. The van der Waals surface area contributed by atoms with Gasteiger partial charge < -0.3 is 5.32 Å². The summed E-state index contributed by atoms with van der Waals surface area (Å²) in [6.07, 6.45) is 2.20. The van der Waals surface area contributed by atoms with E-state index in [1.54, 1.807) is 0 Å². The number of nitrogens with one attached hydrogen (secondary N) is 2. The number of aryl methyl sites for hydroxylation is 1. The summed E-state index contributed by atoms with van der Waals surface area (Å²) < 4.78 is 1.83. The number of hydrogen-bond acceptors (Lipinski definition) is 3. The van der Waals surface area contributed by atoms with E-state index >= 15 is 0 Å². The number of thioether (sulfide) groups is 1. The number of rotatable bonds is 2. The van der Waals surface area contributed by atoms with Crippen LogP contribution in [0, 0.1) is 5.92 Å². The molecule has 3 rings (SSSR count). The summed E-state index contributed by atoms with van der Waals surface area (Å²) in [5, 5.41) is 6.63. The molecule has 0 radical (unpaired) electrons. The molecule has 1 aromatic heterocycles. The molecule has 16 heavy (non-hydrogen) atoms. The number of fused-ring (bicyclic) bond motifs is 1. The molecule has 5 heteroatoms. The maximum atomic E-state index is 12.1. The van der Waals surface area contributed by atoms with Crippen molar-refractivity contribution in [2.75, 3.05) is 18.8 Å². The van der Waals surface area contributed by atoms with E-state index in [0.29, 0.717) is 5.92 Å². The first kappa shape index (κ1) is 10.5. The van der Waals surface area contributed by atoms with Crippen LogP contribution in [0.1, 0.15) is 17.7 Å². The molecule has 0 spiro atoms. The first-order valence-corrected chi connectivity index (χ1v) is 7.09. The smallest absolute Gasteiger partial charge is 0.270 e. The molecule has 0 saturated carbocycles. The zero-order valence-electron chi connectivity index (χ0n) is 9.29. The van der Waals surface area contributed by atoms with E-state index in [9.17, 15) is 4.79 Å². The summed E-state index contributed by atoms with van der Waals surface area (Å²) >= 11 is 1.86. The molecule has 3 heterocycles. The van der Waals surface area contributed by atoms with Gasteiger partial charge in [-0.25, -0.2) is 0 Å². The average Bonchev–Trinajstić information content (AvgIpc) is 2.90. The number of aromatic nitrogens is 2. The van der Waals surface area contributed by atoms with Crippen LogP contribution >= 0.6 is 11.8 Å². The van der Waals surface area contributed by atoms with Crippen molar-refractivity contribution in [1.29, 1.82) is 0 Å². The fourth-order valence-electron chi connectivity index (χ4n) is 2.53. The second kappa shape index (κ2) is 4.30. The van der Waals surface area contributed by atoms with Crippen LogP contribution in [-0.4, -0.2) is 28.6 Å². The molecule has 0 bridgehead atoms. The van der Waals surface area contributed by atoms with Crippen LogP contribution in [0.2, 0.25) is 0 Å². The van der Waals surface area contributed by atoms with Gasteiger partial charge in [-0.05, 0) is 37.6 Å². The summed E-state index contributed by atoms with van der Waals surface area (Å²) in [4.78, 5) is 12.1. The Morgan fingerprint density at radius 1 is 1.50 bits per heavy atom. The quantitative estimate of drug-likeness (QED) is 0.793. The third-order valence-electron chi connectivity index (χ3n) is 3.48. The largest absolute Gasteiger partial charge is 0.316 e. The highest BCUT2D eigenvalue weighted by Crippen LogP contribution is 2.20. The molecule has 2 aliphatic rings. The minimum absolute atomic E-state index is 0.217. The van der Waals surface area contributed by atoms with Crippen LogP contribution in [0.3, 0.4) is 0 Å². The molecule has 88 valence electrons. The van der Waals surface area contributed by atoms with E-state index in [0.717, 1.165) is 43.1 Å². The van der Waals surface area contributed by atoms with Gasteiger partial charge in [-0.15, -0.1) is 0 Å². The van der Waals surface area contributed by atoms with Gasteiger partial charge in [-0.1, -0.05) is 0 Å². The van der Waals surface area contributed by atoms with Gasteiger partial charge in [-0.3, -0.25) is 14.6 Å². The molecule has 0 aromatic carbocycles. The van der Waals surface area contributed by atoms with E-state index in [1.165, 1.54) is 12.1 Å². The standard InChI is InChI=1S/C11H17N3OS/c15-11-9-7-16-4-2-10(9)13-14(11)6-8-1-3-12-5-8/h8,12-13H,1-7H2. The van der Waals surface area contributed by atoms with Gasteiger partial charge in [0.05, 0.1) is 0 Å². The minimum Gasteiger partial charge on any atom is -0.316 e. The Morgan fingerprint density at radius 3 is 3.19 bits per heavy atom. The molecule has 4 nitrogen and oxygen atoms in total. The highest BCUT2D eigenvalue weighted by atomic mass is 32.2. The Morgan fingerprint density at radius 2 is 2.44 bits per heavy atom. The average molecular weight is 239 g/mol. The lowest BCUT2D eigenvalue weighted by Gasteiger charge is -2.08. The monoisotopic (exact) mass is 239 g/mol. The van der Waals surface area contributed by atoms with E-state index in [4.69, 9.17) is 0 Å². The molecular weight excluding hydrogens is 222 g/mol. The van der Waals surface area contributed by atoms with Crippen molar-refractivity contribution in [3.8, 4) is 0 Å². The molecular formula is C11H17N3OS. The lowest BCUT2D eigenvalue weighted by molar-refractivity contribution is 0.439. The van der Waals surface area contributed by atoms with E-state index in [-0.39, 0.29) is 5.56 Å². The second-order valence-corrected chi connectivity index (χ2v) is 5.75. The minimum atomic E-state index is 0.217. The Balaban J connectivity index is 1.84. The van der Waals surface area contributed by atoms with Gasteiger partial charge in [0, 0.05) is 23.6 Å². The van der Waals surface area contributed by atoms with Gasteiger partial charge in [-0.2, -0.15) is 11.8 Å². The molecule has 1 fully saturated rings. The Kier molecular flexibility index (Phi) is 2.81. The highest BCUT2D eigenvalue weighted by Gasteiger charge is 2.21. The van der Waals surface area contributed by atoms with Crippen molar-refractivity contribution in [1.82, 2.24) is 15.1 Å². The van der Waals surface area contributed by atoms with Crippen LogP contribution in [-0.2, 0) is 18.7 Å². The SMILES string of the molecule is O=c1c2c([nH]n1CC1CCNC1)CCSC2. The molecule has 1 unspecified atom stereocenters. The molecule has 1 atom stereocenters. The van der Waals surface area contributed by atoms with Gasteiger partial charge in [0.25, 0.3) is 5.56 Å². The Bertz CT molecular complexity index is 431. The zero-order chi connectivity index (χ0) is 11.0. The van der Waals surface area contributed by atoms with E-state index in [1.807, 2.05) is 16.4 Å². The molecule has 2 aliphatic heterocycles.